The van der Waals surface area contributed by atoms with Crippen LogP contribution in [-0.2, 0) is 22.7 Å². The van der Waals surface area contributed by atoms with Crippen LogP contribution in [-0.4, -0.2) is 43.0 Å². The molecule has 1 atom stereocenters. The third-order valence-corrected chi connectivity index (χ3v) is 5.50. The Labute approximate surface area is 180 Å². The van der Waals surface area contributed by atoms with Crippen molar-refractivity contribution in [2.24, 2.45) is 0 Å². The predicted molar refractivity (Wildman–Crippen MR) is 112 cm³/mol. The summed E-state index contributed by atoms with van der Waals surface area (Å²) in [6.07, 6.45) is -0.0725. The van der Waals surface area contributed by atoms with Gasteiger partial charge in [-0.2, -0.15) is 0 Å². The van der Waals surface area contributed by atoms with Crippen LogP contribution in [0, 0.1) is 25.5 Å². The maximum Gasteiger partial charge on any atom is 0.237 e. The second-order valence-corrected chi connectivity index (χ2v) is 7.73. The average Bonchev–Trinajstić information content (AvgIpc) is 2.74. The van der Waals surface area contributed by atoms with Gasteiger partial charge in [0.15, 0.2) is 11.6 Å². The number of aryl methyl sites for hydroxylation is 2. The molecule has 8 heteroatoms. The van der Waals surface area contributed by atoms with Gasteiger partial charge in [-0.15, -0.1) is 0 Å². The summed E-state index contributed by atoms with van der Waals surface area (Å²) in [4.78, 5) is 26.9. The number of nitrogens with one attached hydrogen (secondary N) is 2. The molecule has 0 aliphatic carbocycles. The van der Waals surface area contributed by atoms with Gasteiger partial charge in [0.1, 0.15) is 5.75 Å². The second kappa shape index (κ2) is 9.87. The summed E-state index contributed by atoms with van der Waals surface area (Å²) < 4.78 is 33.0. The van der Waals surface area contributed by atoms with E-state index in [1.165, 1.54) is 19.1 Å². The van der Waals surface area contributed by atoms with Crippen molar-refractivity contribution in [1.29, 1.82) is 0 Å². The highest BCUT2D eigenvalue weighted by molar-refractivity contribution is 5.88. The van der Waals surface area contributed by atoms with Crippen molar-refractivity contribution in [3.8, 4) is 5.75 Å². The molecule has 2 N–H and O–H groups in total. The molecular formula is C23H27F2N3O3. The molecule has 1 fully saturated rings. The Hall–Kier alpha value is -3.00. The smallest absolute Gasteiger partial charge is 0.237 e. The quantitative estimate of drug-likeness (QED) is 0.707. The maximum absolute atomic E-state index is 14.0. The van der Waals surface area contributed by atoms with E-state index in [9.17, 15) is 18.4 Å². The van der Waals surface area contributed by atoms with Crippen molar-refractivity contribution < 1.29 is 23.1 Å². The Morgan fingerprint density at radius 3 is 2.68 bits per heavy atom. The monoisotopic (exact) mass is 431 g/mol. The molecule has 1 aliphatic rings. The van der Waals surface area contributed by atoms with Crippen LogP contribution >= 0.6 is 0 Å². The number of amides is 2. The van der Waals surface area contributed by atoms with E-state index < -0.39 is 23.6 Å². The SMILES string of the molecule is COc1ccc(CN2CCNC(=O)[C@@H]2CC(=O)NCc2ccc(C)c(F)c2F)cc1C. The molecule has 1 saturated heterocycles. The van der Waals surface area contributed by atoms with Crippen LogP contribution in [0.5, 0.6) is 5.75 Å². The van der Waals surface area contributed by atoms with Crippen molar-refractivity contribution in [3.63, 3.8) is 0 Å². The number of methoxy groups -OCH3 is 1. The number of piperazine rings is 1. The van der Waals surface area contributed by atoms with Crippen molar-refractivity contribution in [2.75, 3.05) is 20.2 Å². The lowest BCUT2D eigenvalue weighted by Gasteiger charge is -2.34. The summed E-state index contributed by atoms with van der Waals surface area (Å²) in [6, 6.07) is 8.08. The lowest BCUT2D eigenvalue weighted by atomic mass is 10.0. The summed E-state index contributed by atoms with van der Waals surface area (Å²) in [7, 11) is 1.61. The molecule has 0 saturated carbocycles. The molecule has 0 radical (unpaired) electrons. The molecule has 1 heterocycles. The van der Waals surface area contributed by atoms with E-state index in [1.807, 2.05) is 30.0 Å². The van der Waals surface area contributed by atoms with Gasteiger partial charge in [0.25, 0.3) is 0 Å². The Balaban J connectivity index is 1.64. The Morgan fingerprint density at radius 2 is 1.97 bits per heavy atom. The van der Waals surface area contributed by atoms with E-state index in [-0.39, 0.29) is 30.0 Å². The lowest BCUT2D eigenvalue weighted by Crippen LogP contribution is -2.56. The van der Waals surface area contributed by atoms with E-state index >= 15 is 0 Å². The summed E-state index contributed by atoms with van der Waals surface area (Å²) in [5, 5.41) is 5.38. The van der Waals surface area contributed by atoms with E-state index in [1.54, 1.807) is 7.11 Å². The van der Waals surface area contributed by atoms with Crippen LogP contribution < -0.4 is 15.4 Å². The summed E-state index contributed by atoms with van der Waals surface area (Å²) in [6.45, 7) is 4.89. The van der Waals surface area contributed by atoms with Crippen molar-refractivity contribution in [3.05, 3.63) is 64.2 Å². The first-order valence-electron chi connectivity index (χ1n) is 10.2. The second-order valence-electron chi connectivity index (χ2n) is 7.73. The third kappa shape index (κ3) is 5.38. The van der Waals surface area contributed by atoms with Gasteiger partial charge in [-0.25, -0.2) is 8.78 Å². The fourth-order valence-corrected chi connectivity index (χ4v) is 3.71. The predicted octanol–water partition coefficient (Wildman–Crippen LogP) is 2.60. The van der Waals surface area contributed by atoms with Crippen molar-refractivity contribution >= 4 is 11.8 Å². The Kier molecular flexibility index (Phi) is 7.22. The van der Waals surface area contributed by atoms with Crippen molar-refractivity contribution in [2.45, 2.75) is 39.4 Å². The first-order valence-corrected chi connectivity index (χ1v) is 10.2. The molecule has 3 rings (SSSR count). The number of ether oxygens (including phenoxy) is 1. The number of nitrogens with zero attached hydrogens (tertiary/aromatic N) is 1. The first kappa shape index (κ1) is 22.7. The van der Waals surface area contributed by atoms with Crippen LogP contribution in [0.4, 0.5) is 8.78 Å². The largest absolute Gasteiger partial charge is 0.496 e. The third-order valence-electron chi connectivity index (χ3n) is 5.50. The Morgan fingerprint density at radius 1 is 1.19 bits per heavy atom. The fraction of sp³-hybridized carbons (Fsp3) is 0.391. The number of benzene rings is 2. The number of carbonyl (C=O) groups is 2. The van der Waals surface area contributed by atoms with Gasteiger partial charge in [0, 0.05) is 31.7 Å². The van der Waals surface area contributed by atoms with Gasteiger partial charge < -0.3 is 15.4 Å². The van der Waals surface area contributed by atoms with Gasteiger partial charge >= 0.3 is 0 Å². The minimum atomic E-state index is -0.966. The number of halogens is 2. The molecule has 0 aromatic heterocycles. The highest BCUT2D eigenvalue weighted by Crippen LogP contribution is 2.21. The zero-order valence-corrected chi connectivity index (χ0v) is 17.9. The highest BCUT2D eigenvalue weighted by atomic mass is 19.2. The van der Waals surface area contributed by atoms with E-state index in [0.717, 1.165) is 16.9 Å². The fourth-order valence-electron chi connectivity index (χ4n) is 3.71. The number of carbonyl (C=O) groups excluding carboxylic acids is 2. The van der Waals surface area contributed by atoms with E-state index in [2.05, 4.69) is 10.6 Å². The summed E-state index contributed by atoms with van der Waals surface area (Å²) in [5.74, 6) is -1.72. The van der Waals surface area contributed by atoms with Gasteiger partial charge in [0.2, 0.25) is 11.8 Å². The molecule has 0 bridgehead atoms. The molecule has 0 unspecified atom stereocenters. The molecule has 0 spiro atoms. The zero-order chi connectivity index (χ0) is 22.5. The van der Waals surface area contributed by atoms with Gasteiger partial charge in [-0.1, -0.05) is 24.3 Å². The maximum atomic E-state index is 14.0. The van der Waals surface area contributed by atoms with Gasteiger partial charge in [0.05, 0.1) is 19.6 Å². The summed E-state index contributed by atoms with van der Waals surface area (Å²) >= 11 is 0. The van der Waals surface area contributed by atoms with Crippen LogP contribution in [0.25, 0.3) is 0 Å². The standard InChI is InChI=1S/C23H27F2N3O3/c1-14-4-6-17(22(25)21(14)24)12-27-20(29)11-18-23(30)26-8-9-28(18)13-16-5-7-19(31-3)15(2)10-16/h4-7,10,18H,8-9,11-13H2,1-3H3,(H,26,30)(H,27,29)/t18-/m0/s1. The summed E-state index contributed by atoms with van der Waals surface area (Å²) in [5.41, 5.74) is 2.27. The van der Waals surface area contributed by atoms with E-state index in [4.69, 9.17) is 4.74 Å². The average molecular weight is 431 g/mol. The van der Waals surface area contributed by atoms with Gasteiger partial charge in [-0.3, -0.25) is 14.5 Å². The van der Waals surface area contributed by atoms with Crippen molar-refractivity contribution in [1.82, 2.24) is 15.5 Å². The van der Waals surface area contributed by atoms with Gasteiger partial charge in [-0.05, 0) is 36.6 Å². The molecule has 166 valence electrons. The molecule has 6 nitrogen and oxygen atoms in total. The lowest BCUT2D eigenvalue weighted by molar-refractivity contribution is -0.134. The van der Waals surface area contributed by atoms with Crippen LogP contribution in [0.2, 0.25) is 0 Å². The molecular weight excluding hydrogens is 404 g/mol. The highest BCUT2D eigenvalue weighted by Gasteiger charge is 2.31. The molecule has 2 aromatic carbocycles. The first-order chi connectivity index (χ1) is 14.8. The number of hydrogen-bond acceptors (Lipinski definition) is 4. The minimum absolute atomic E-state index is 0.0649. The molecule has 2 aromatic rings. The van der Waals surface area contributed by atoms with Crippen LogP contribution in [0.3, 0.4) is 0 Å². The topological polar surface area (TPSA) is 70.7 Å². The van der Waals surface area contributed by atoms with Crippen LogP contribution in [0.15, 0.2) is 30.3 Å². The number of hydrogen-bond donors (Lipinski definition) is 2. The molecule has 31 heavy (non-hydrogen) atoms. The molecule has 1 aliphatic heterocycles. The zero-order valence-electron chi connectivity index (χ0n) is 17.9. The molecule has 2 amide bonds. The normalized spacial score (nSPS) is 16.7. The number of rotatable bonds is 7. The van der Waals surface area contributed by atoms with E-state index in [0.29, 0.717) is 19.6 Å². The Bertz CT molecular complexity index is 981. The minimum Gasteiger partial charge on any atom is -0.496 e. The van der Waals surface area contributed by atoms with Crippen LogP contribution in [0.1, 0.15) is 28.7 Å².